The second kappa shape index (κ2) is 3.65. The van der Waals surface area contributed by atoms with Gasteiger partial charge in [0.25, 0.3) is 0 Å². The zero-order chi connectivity index (χ0) is 12.9. The van der Waals surface area contributed by atoms with E-state index in [4.69, 9.17) is 0 Å². The van der Waals surface area contributed by atoms with Crippen LogP contribution in [0.4, 0.5) is 5.69 Å². The topological polar surface area (TPSA) is 127 Å². The summed E-state index contributed by atoms with van der Waals surface area (Å²) in [5.74, 6) is 0. The summed E-state index contributed by atoms with van der Waals surface area (Å²) in [4.78, 5) is 36.9. The molecule has 0 radical (unpaired) electrons. The van der Waals surface area contributed by atoms with Crippen molar-refractivity contribution in [3.05, 3.63) is 29.8 Å². The first-order valence-electron chi connectivity index (χ1n) is 4.65. The minimum absolute atomic E-state index is 0.333. The summed E-state index contributed by atoms with van der Waals surface area (Å²) in [6, 6.07) is 6.33. The van der Waals surface area contributed by atoms with E-state index in [0.29, 0.717) is 11.3 Å². The summed E-state index contributed by atoms with van der Waals surface area (Å²) < 4.78 is 22.8. The second-order valence-electron chi connectivity index (χ2n) is 3.86. The van der Waals surface area contributed by atoms with Crippen molar-refractivity contribution in [2.24, 2.45) is 0 Å². The fourth-order valence-electron chi connectivity index (χ4n) is 1.84. The largest absolute Gasteiger partial charge is 0.363 e. The van der Waals surface area contributed by atoms with Crippen molar-refractivity contribution in [2.75, 3.05) is 5.32 Å². The Morgan fingerprint density at radius 1 is 1.06 bits per heavy atom. The highest BCUT2D eigenvalue weighted by molar-refractivity contribution is 7.72. The van der Waals surface area contributed by atoms with Crippen LogP contribution in [0.5, 0.6) is 0 Å². The van der Waals surface area contributed by atoms with Gasteiger partial charge in [0.15, 0.2) is 0 Å². The Hall–Kier alpha value is -0.680. The van der Waals surface area contributed by atoms with Crippen molar-refractivity contribution >= 4 is 20.9 Å². The molecule has 7 nitrogen and oxygen atoms in total. The minimum Gasteiger partial charge on any atom is -0.359 e. The Labute approximate surface area is 96.8 Å². The Morgan fingerprint density at radius 3 is 2.06 bits per heavy atom. The number of benzene rings is 1. The molecule has 9 heteroatoms. The highest BCUT2D eigenvalue weighted by atomic mass is 31.2. The summed E-state index contributed by atoms with van der Waals surface area (Å²) in [7, 11) is -10.0. The van der Waals surface area contributed by atoms with E-state index >= 15 is 0 Å². The normalized spacial score (nSPS) is 18.6. The molecule has 0 amide bonds. The molecule has 0 aliphatic carbocycles. The average molecular weight is 279 g/mol. The van der Waals surface area contributed by atoms with E-state index < -0.39 is 26.6 Å². The van der Waals surface area contributed by atoms with Crippen LogP contribution in [0.25, 0.3) is 0 Å². The lowest BCUT2D eigenvalue weighted by Crippen LogP contribution is -2.35. The average Bonchev–Trinajstić information content (AvgIpc) is 2.55. The first-order chi connectivity index (χ1) is 7.67. The maximum atomic E-state index is 11.4. The van der Waals surface area contributed by atoms with Gasteiger partial charge < -0.3 is 24.9 Å². The van der Waals surface area contributed by atoms with Gasteiger partial charge in [-0.05, 0) is 11.6 Å². The lowest BCUT2D eigenvalue weighted by Gasteiger charge is -2.30. The fraction of sp³-hybridized carbons (Fsp3) is 0.250. The third-order valence-electron chi connectivity index (χ3n) is 2.75. The molecule has 0 unspecified atom stereocenters. The first kappa shape index (κ1) is 12.8. The molecule has 94 valence electrons. The molecular weight excluding hydrogens is 268 g/mol. The molecule has 0 atom stereocenters. The fourth-order valence-corrected chi connectivity index (χ4v) is 4.49. The molecule has 0 bridgehead atoms. The van der Waals surface area contributed by atoms with Gasteiger partial charge in [-0.15, -0.1) is 0 Å². The molecule has 1 aromatic rings. The standard InChI is InChI=1S/C8H11NO6P2/c10-16(11,12)8(17(13,14)15)5-6-3-1-2-4-7(6)9-8/h1-4,9H,5H2,(H2,10,11,12)(H2,13,14,15). The Kier molecular flexibility index (Phi) is 2.74. The van der Waals surface area contributed by atoms with Crippen molar-refractivity contribution in [1.82, 2.24) is 0 Å². The molecule has 1 aliphatic rings. The Morgan fingerprint density at radius 2 is 1.59 bits per heavy atom. The third-order valence-corrected chi connectivity index (χ3v) is 6.78. The number of nitrogens with one attached hydrogen (secondary N) is 1. The lowest BCUT2D eigenvalue weighted by molar-refractivity contribution is 0.317. The maximum Gasteiger partial charge on any atom is 0.363 e. The van der Waals surface area contributed by atoms with Gasteiger partial charge in [0.1, 0.15) is 0 Å². The molecule has 17 heavy (non-hydrogen) atoms. The van der Waals surface area contributed by atoms with Crippen molar-refractivity contribution in [1.29, 1.82) is 0 Å². The molecule has 1 heterocycles. The zero-order valence-corrected chi connectivity index (χ0v) is 10.3. The third kappa shape index (κ3) is 1.85. The van der Waals surface area contributed by atoms with Crippen molar-refractivity contribution in [2.45, 2.75) is 11.4 Å². The number of para-hydroxylation sites is 1. The summed E-state index contributed by atoms with van der Waals surface area (Å²) in [5.41, 5.74) is 0.804. The van der Waals surface area contributed by atoms with Gasteiger partial charge in [0.2, 0.25) is 5.02 Å². The first-order valence-corrected chi connectivity index (χ1v) is 7.87. The number of hydrogen-bond acceptors (Lipinski definition) is 3. The van der Waals surface area contributed by atoms with E-state index in [-0.39, 0.29) is 0 Å². The van der Waals surface area contributed by atoms with Crippen molar-refractivity contribution < 1.29 is 28.7 Å². The smallest absolute Gasteiger partial charge is 0.359 e. The highest BCUT2D eigenvalue weighted by Gasteiger charge is 2.63. The molecule has 0 saturated heterocycles. The van der Waals surface area contributed by atoms with Crippen LogP contribution in [0.15, 0.2) is 24.3 Å². The van der Waals surface area contributed by atoms with Gasteiger partial charge in [-0.25, -0.2) is 0 Å². The van der Waals surface area contributed by atoms with Gasteiger partial charge in [0, 0.05) is 12.1 Å². The Bertz CT molecular complexity index is 498. The summed E-state index contributed by atoms with van der Waals surface area (Å²) in [5, 5.41) is -0.236. The van der Waals surface area contributed by atoms with Gasteiger partial charge in [0.05, 0.1) is 0 Å². The van der Waals surface area contributed by atoms with Crippen molar-refractivity contribution in [3.8, 4) is 0 Å². The van der Waals surface area contributed by atoms with E-state index in [9.17, 15) is 28.7 Å². The lowest BCUT2D eigenvalue weighted by atomic mass is 10.2. The SMILES string of the molecule is O=P(O)(O)C1(P(=O)(O)O)Cc2ccccc2N1. The van der Waals surface area contributed by atoms with E-state index in [0.717, 1.165) is 0 Å². The molecule has 0 aromatic heterocycles. The predicted octanol–water partition coefficient (Wildman–Crippen LogP) is 0.664. The number of rotatable bonds is 2. The van der Waals surface area contributed by atoms with Crippen LogP contribution in [0.2, 0.25) is 0 Å². The van der Waals surface area contributed by atoms with E-state index in [1.165, 1.54) is 6.07 Å². The van der Waals surface area contributed by atoms with Crippen LogP contribution >= 0.6 is 15.2 Å². The van der Waals surface area contributed by atoms with Gasteiger partial charge in [-0.1, -0.05) is 18.2 Å². The summed E-state index contributed by atoms with van der Waals surface area (Å²) in [6.45, 7) is 0. The second-order valence-corrected chi connectivity index (χ2v) is 7.92. The van der Waals surface area contributed by atoms with Crippen LogP contribution in [0.3, 0.4) is 0 Å². The molecular formula is C8H11NO6P2. The molecule has 0 fully saturated rings. The van der Waals surface area contributed by atoms with Crippen LogP contribution in [0.1, 0.15) is 5.56 Å². The molecule has 5 N–H and O–H groups in total. The van der Waals surface area contributed by atoms with Gasteiger partial charge in [-0.3, -0.25) is 9.13 Å². The number of hydrogen-bond donors (Lipinski definition) is 5. The van der Waals surface area contributed by atoms with E-state index in [1.807, 2.05) is 0 Å². The quantitative estimate of drug-likeness (QED) is 0.503. The number of anilines is 1. The molecule has 1 aliphatic heterocycles. The molecule has 0 spiro atoms. The minimum atomic E-state index is -5.02. The Balaban J connectivity index is 2.58. The van der Waals surface area contributed by atoms with Crippen molar-refractivity contribution in [3.63, 3.8) is 0 Å². The predicted molar refractivity (Wildman–Crippen MR) is 60.6 cm³/mol. The van der Waals surface area contributed by atoms with Crippen LogP contribution in [-0.2, 0) is 15.6 Å². The number of fused-ring (bicyclic) bond motifs is 1. The zero-order valence-electron chi connectivity index (χ0n) is 8.52. The molecule has 0 saturated carbocycles. The van der Waals surface area contributed by atoms with Crippen LogP contribution in [0, 0.1) is 0 Å². The molecule has 2 rings (SSSR count). The monoisotopic (exact) mass is 279 g/mol. The van der Waals surface area contributed by atoms with Gasteiger partial charge in [-0.2, -0.15) is 0 Å². The summed E-state index contributed by atoms with van der Waals surface area (Å²) in [6.07, 6.45) is -0.405. The van der Waals surface area contributed by atoms with Crippen LogP contribution < -0.4 is 5.32 Å². The summed E-state index contributed by atoms with van der Waals surface area (Å²) >= 11 is 0. The van der Waals surface area contributed by atoms with Gasteiger partial charge >= 0.3 is 15.2 Å². The highest BCUT2D eigenvalue weighted by Crippen LogP contribution is 2.71. The van der Waals surface area contributed by atoms with Crippen LogP contribution in [-0.4, -0.2) is 24.6 Å². The maximum absolute atomic E-state index is 11.4. The van der Waals surface area contributed by atoms with E-state index in [1.54, 1.807) is 18.2 Å². The van der Waals surface area contributed by atoms with E-state index in [2.05, 4.69) is 5.32 Å². The molecule has 1 aromatic carbocycles.